The summed E-state index contributed by atoms with van der Waals surface area (Å²) >= 11 is 0. The van der Waals surface area contributed by atoms with Gasteiger partial charge in [-0.05, 0) is 13.8 Å². The summed E-state index contributed by atoms with van der Waals surface area (Å²) in [5.41, 5.74) is 7.78. The molecule has 0 aromatic carbocycles. The average Bonchev–Trinajstić information content (AvgIpc) is 1.88. The third-order valence-electron chi connectivity index (χ3n) is 1.18. The molecule has 1 heteroatoms. The molecule has 0 saturated heterocycles. The maximum absolute atomic E-state index is 5.40. The molecule has 0 bridgehead atoms. The summed E-state index contributed by atoms with van der Waals surface area (Å²) in [4.78, 5) is 0. The molecule has 0 aromatic heterocycles. The fourth-order valence-corrected chi connectivity index (χ4v) is 0.682. The highest BCUT2D eigenvalue weighted by atomic mass is 14.5. The lowest BCUT2D eigenvalue weighted by molar-refractivity contribution is 1.13. The van der Waals surface area contributed by atoms with E-state index in [-0.39, 0.29) is 0 Å². The molecule has 0 aliphatic rings. The number of hydrogen-bond donors (Lipinski definition) is 1. The molecular weight excluding hydrogens is 122 g/mol. The quantitative estimate of drug-likeness (QED) is 0.592. The topological polar surface area (TPSA) is 26.0 Å². The van der Waals surface area contributed by atoms with E-state index >= 15 is 0 Å². The van der Waals surface area contributed by atoms with Crippen LogP contribution >= 0.6 is 0 Å². The van der Waals surface area contributed by atoms with Crippen LogP contribution in [0.5, 0.6) is 0 Å². The average molecular weight is 137 g/mol. The molecule has 0 rings (SSSR count). The van der Waals surface area contributed by atoms with Gasteiger partial charge in [0.05, 0.1) is 0 Å². The lowest BCUT2D eigenvalue weighted by atomic mass is 10.2. The first-order valence-corrected chi connectivity index (χ1v) is 3.37. The highest BCUT2D eigenvalue weighted by molar-refractivity contribution is 5.24. The van der Waals surface area contributed by atoms with Gasteiger partial charge in [-0.3, -0.25) is 0 Å². The molecule has 1 nitrogen and oxygen atoms in total. The Morgan fingerprint density at radius 3 is 2.50 bits per heavy atom. The Morgan fingerprint density at radius 1 is 1.50 bits per heavy atom. The Balaban J connectivity index is 4.11. The zero-order valence-corrected chi connectivity index (χ0v) is 6.72. The number of rotatable bonds is 3. The minimum atomic E-state index is 0.627. The zero-order valence-electron chi connectivity index (χ0n) is 6.72. The van der Waals surface area contributed by atoms with Crippen LogP contribution in [0.2, 0.25) is 0 Å². The first kappa shape index (κ1) is 9.18. The van der Waals surface area contributed by atoms with Crippen LogP contribution in [0.4, 0.5) is 0 Å². The van der Waals surface area contributed by atoms with E-state index in [2.05, 4.69) is 12.7 Å². The van der Waals surface area contributed by atoms with Crippen molar-refractivity contribution in [3.63, 3.8) is 0 Å². The van der Waals surface area contributed by atoms with Gasteiger partial charge in [-0.1, -0.05) is 36.0 Å². The first-order valence-electron chi connectivity index (χ1n) is 3.37. The van der Waals surface area contributed by atoms with Gasteiger partial charge in [0.15, 0.2) is 0 Å². The molecule has 0 heterocycles. The third-order valence-corrected chi connectivity index (χ3v) is 1.18. The van der Waals surface area contributed by atoms with Crippen LogP contribution < -0.4 is 5.73 Å². The summed E-state index contributed by atoms with van der Waals surface area (Å²) in [5, 5.41) is 0. The van der Waals surface area contributed by atoms with Crippen molar-refractivity contribution in [1.82, 2.24) is 0 Å². The molecule has 0 atom stereocenters. The summed E-state index contributed by atoms with van der Waals surface area (Å²) in [7, 11) is 0. The van der Waals surface area contributed by atoms with Crippen molar-refractivity contribution in [1.29, 1.82) is 0 Å². The summed E-state index contributed by atoms with van der Waals surface area (Å²) < 4.78 is 0. The van der Waals surface area contributed by atoms with Gasteiger partial charge in [-0.15, -0.1) is 0 Å². The fraction of sp³-hybridized carbons (Fsp3) is 0.333. The van der Waals surface area contributed by atoms with Gasteiger partial charge in [0.2, 0.25) is 0 Å². The monoisotopic (exact) mass is 137 g/mol. The molecule has 56 valence electrons. The normalized spacial score (nSPS) is 13.5. The van der Waals surface area contributed by atoms with E-state index < -0.39 is 0 Å². The second-order valence-electron chi connectivity index (χ2n) is 2.34. The molecule has 0 unspecified atom stereocenters. The molecule has 2 N–H and O–H groups in total. The SMILES string of the molecule is C=C/C=C(C)\C=C(\C)CN. The largest absolute Gasteiger partial charge is 0.327 e. The molecule has 0 aliphatic heterocycles. The van der Waals surface area contributed by atoms with Crippen molar-refractivity contribution in [2.24, 2.45) is 5.73 Å². The van der Waals surface area contributed by atoms with Crippen molar-refractivity contribution in [2.75, 3.05) is 6.54 Å². The van der Waals surface area contributed by atoms with Crippen LogP contribution in [0.25, 0.3) is 0 Å². The van der Waals surface area contributed by atoms with E-state index in [0.29, 0.717) is 6.54 Å². The molecule has 10 heavy (non-hydrogen) atoms. The fourth-order valence-electron chi connectivity index (χ4n) is 0.682. The van der Waals surface area contributed by atoms with E-state index in [1.165, 1.54) is 11.1 Å². The van der Waals surface area contributed by atoms with Gasteiger partial charge in [0.1, 0.15) is 0 Å². The standard InChI is InChI=1S/C9H15N/c1-4-5-8(2)6-9(3)7-10/h4-6H,1,7,10H2,2-3H3/b8-5-,9-6-. The second kappa shape index (κ2) is 5.00. The van der Waals surface area contributed by atoms with Gasteiger partial charge < -0.3 is 5.73 Å². The Morgan fingerprint density at radius 2 is 2.10 bits per heavy atom. The minimum Gasteiger partial charge on any atom is -0.327 e. The molecular formula is C9H15N. The predicted molar refractivity (Wildman–Crippen MR) is 46.8 cm³/mol. The summed E-state index contributed by atoms with van der Waals surface area (Å²) in [6.45, 7) is 8.27. The van der Waals surface area contributed by atoms with Crippen molar-refractivity contribution in [2.45, 2.75) is 13.8 Å². The van der Waals surface area contributed by atoms with E-state index in [9.17, 15) is 0 Å². The van der Waals surface area contributed by atoms with E-state index in [1.54, 1.807) is 6.08 Å². The number of allylic oxidation sites excluding steroid dienone is 4. The molecule has 0 spiro atoms. The highest BCUT2D eigenvalue weighted by Crippen LogP contribution is 1.99. The number of hydrogen-bond acceptors (Lipinski definition) is 1. The minimum absolute atomic E-state index is 0.627. The predicted octanol–water partition coefficient (Wildman–Crippen LogP) is 2.02. The molecule has 0 amide bonds. The smallest absolute Gasteiger partial charge is 0.0137 e. The summed E-state index contributed by atoms with van der Waals surface area (Å²) in [6.07, 6.45) is 5.79. The lowest BCUT2D eigenvalue weighted by Crippen LogP contribution is -1.99. The van der Waals surface area contributed by atoms with Crippen molar-refractivity contribution in [3.05, 3.63) is 36.0 Å². The number of nitrogens with two attached hydrogens (primary N) is 1. The summed E-state index contributed by atoms with van der Waals surface area (Å²) in [6, 6.07) is 0. The van der Waals surface area contributed by atoms with Crippen LogP contribution in [0, 0.1) is 0 Å². The van der Waals surface area contributed by atoms with Crippen molar-refractivity contribution >= 4 is 0 Å². The van der Waals surface area contributed by atoms with Crippen LogP contribution in [-0.4, -0.2) is 6.54 Å². The van der Waals surface area contributed by atoms with Crippen LogP contribution in [-0.2, 0) is 0 Å². The molecule has 0 aromatic rings. The first-order chi connectivity index (χ1) is 4.70. The maximum Gasteiger partial charge on any atom is 0.0137 e. The van der Waals surface area contributed by atoms with Gasteiger partial charge in [-0.2, -0.15) is 0 Å². The highest BCUT2D eigenvalue weighted by Gasteiger charge is 1.83. The van der Waals surface area contributed by atoms with Gasteiger partial charge in [0, 0.05) is 6.54 Å². The van der Waals surface area contributed by atoms with Gasteiger partial charge in [-0.25, -0.2) is 0 Å². The molecule has 0 fully saturated rings. The lowest BCUT2D eigenvalue weighted by Gasteiger charge is -1.94. The Bertz CT molecular complexity index is 164. The molecule has 0 saturated carbocycles. The Hall–Kier alpha value is -0.820. The zero-order chi connectivity index (χ0) is 7.98. The summed E-state index contributed by atoms with van der Waals surface area (Å²) in [5.74, 6) is 0. The maximum atomic E-state index is 5.40. The third kappa shape index (κ3) is 4.10. The van der Waals surface area contributed by atoms with E-state index in [0.717, 1.165) is 0 Å². The van der Waals surface area contributed by atoms with Crippen LogP contribution in [0.3, 0.4) is 0 Å². The molecule has 0 aliphatic carbocycles. The second-order valence-corrected chi connectivity index (χ2v) is 2.34. The molecule has 0 radical (unpaired) electrons. The Labute approximate surface area is 62.9 Å². The van der Waals surface area contributed by atoms with Crippen molar-refractivity contribution in [3.8, 4) is 0 Å². The van der Waals surface area contributed by atoms with E-state index in [4.69, 9.17) is 5.73 Å². The van der Waals surface area contributed by atoms with Gasteiger partial charge in [0.25, 0.3) is 0 Å². The van der Waals surface area contributed by atoms with Crippen LogP contribution in [0.15, 0.2) is 36.0 Å². The van der Waals surface area contributed by atoms with Crippen molar-refractivity contribution < 1.29 is 0 Å². The van der Waals surface area contributed by atoms with Gasteiger partial charge >= 0.3 is 0 Å². The van der Waals surface area contributed by atoms with Crippen LogP contribution in [0.1, 0.15) is 13.8 Å². The Kier molecular flexibility index (Phi) is 4.59. The van der Waals surface area contributed by atoms with E-state index in [1.807, 2.05) is 19.9 Å².